The van der Waals surface area contributed by atoms with Crippen molar-refractivity contribution in [3.05, 3.63) is 0 Å². The van der Waals surface area contributed by atoms with Crippen LogP contribution in [-0.4, -0.2) is 51.8 Å². The Bertz CT molecular complexity index is 494. The number of piperidine rings is 2. The van der Waals surface area contributed by atoms with Crippen molar-refractivity contribution >= 4 is 39.6 Å². The van der Waals surface area contributed by atoms with E-state index < -0.39 is 40.9 Å². The third-order valence-electron chi connectivity index (χ3n) is 4.58. The van der Waals surface area contributed by atoms with Gasteiger partial charge in [0.2, 0.25) is 23.6 Å². The van der Waals surface area contributed by atoms with Gasteiger partial charge in [-0.15, -0.1) is 0 Å². The molecule has 0 saturated carbocycles. The van der Waals surface area contributed by atoms with Crippen molar-refractivity contribution in [3.63, 3.8) is 0 Å². The minimum Gasteiger partial charge on any atom is -0.281 e. The van der Waals surface area contributed by atoms with Gasteiger partial charge < -0.3 is 0 Å². The van der Waals surface area contributed by atoms with Crippen molar-refractivity contribution in [2.75, 3.05) is 18.4 Å². The van der Waals surface area contributed by atoms with Gasteiger partial charge in [0.25, 0.3) is 0 Å². The maximum atomic E-state index is 12.7. The van der Waals surface area contributed by atoms with E-state index >= 15 is 0 Å². The lowest BCUT2D eigenvalue weighted by molar-refractivity contribution is -0.183. The fraction of sp³-hybridized carbons (Fsp3) is 0.733. The number of imide groups is 2. The predicted molar refractivity (Wildman–Crippen MR) is 82.9 cm³/mol. The van der Waals surface area contributed by atoms with E-state index in [1.165, 1.54) is 0 Å². The summed E-state index contributed by atoms with van der Waals surface area (Å²) >= 11 is 3.20. The fourth-order valence-corrected chi connectivity index (χ4v) is 3.69. The first kappa shape index (κ1) is 17.1. The summed E-state index contributed by atoms with van der Waals surface area (Å²) in [4.78, 5) is 52.7. The molecule has 2 bridgehead atoms. The third-order valence-corrected chi connectivity index (χ3v) is 4.94. The van der Waals surface area contributed by atoms with E-state index in [1.807, 2.05) is 6.92 Å². The SMILES string of the molecule is CCCCN1C(=O)C2C(=O)N(CCBr)C(=O)C(C1=O)C2(C)C. The first-order chi connectivity index (χ1) is 10.3. The van der Waals surface area contributed by atoms with Gasteiger partial charge in [0, 0.05) is 23.8 Å². The van der Waals surface area contributed by atoms with Gasteiger partial charge in [-0.1, -0.05) is 43.1 Å². The van der Waals surface area contributed by atoms with Crippen molar-refractivity contribution in [2.45, 2.75) is 33.6 Å². The maximum Gasteiger partial charge on any atom is 0.242 e. The summed E-state index contributed by atoms with van der Waals surface area (Å²) in [6.07, 6.45) is 1.50. The van der Waals surface area contributed by atoms with Crippen LogP contribution in [0.5, 0.6) is 0 Å². The van der Waals surface area contributed by atoms with E-state index in [0.29, 0.717) is 11.8 Å². The lowest BCUT2D eigenvalue weighted by atomic mass is 9.62. The lowest BCUT2D eigenvalue weighted by Crippen LogP contribution is -2.70. The zero-order valence-electron chi connectivity index (χ0n) is 13.1. The van der Waals surface area contributed by atoms with E-state index in [-0.39, 0.29) is 13.1 Å². The minimum absolute atomic E-state index is 0.177. The number of halogens is 1. The molecule has 2 aliphatic heterocycles. The first-order valence-corrected chi connectivity index (χ1v) is 8.67. The first-order valence-electron chi connectivity index (χ1n) is 7.55. The Labute approximate surface area is 138 Å². The number of hydrogen-bond donors (Lipinski definition) is 0. The third kappa shape index (κ3) is 2.39. The highest BCUT2D eigenvalue weighted by molar-refractivity contribution is 9.09. The van der Waals surface area contributed by atoms with Gasteiger partial charge in [-0.05, 0) is 6.42 Å². The molecular formula is C15H21BrN2O4. The molecule has 2 rings (SSSR count). The number of unbranched alkanes of at least 4 members (excludes halogenated alkanes) is 1. The Kier molecular flexibility index (Phi) is 4.75. The second-order valence-corrected chi connectivity index (χ2v) is 7.18. The second kappa shape index (κ2) is 6.10. The van der Waals surface area contributed by atoms with E-state index in [2.05, 4.69) is 15.9 Å². The Balaban J connectivity index is 2.45. The predicted octanol–water partition coefficient (Wildman–Crippen LogP) is 1.18. The summed E-state index contributed by atoms with van der Waals surface area (Å²) in [7, 11) is 0. The Morgan fingerprint density at radius 2 is 1.32 bits per heavy atom. The standard InChI is InChI=1S/C15H21BrN2O4/c1-4-5-7-17-11(19)9-13(21)18(8-6-16)14(22)10(12(17)20)15(9,2)3/h9-10H,4-8H2,1-3H3. The largest absolute Gasteiger partial charge is 0.281 e. The molecule has 0 spiro atoms. The van der Waals surface area contributed by atoms with Crippen LogP contribution in [0.1, 0.15) is 33.6 Å². The Morgan fingerprint density at radius 1 is 0.909 bits per heavy atom. The molecule has 0 aliphatic carbocycles. The van der Waals surface area contributed by atoms with Gasteiger partial charge in [0.15, 0.2) is 0 Å². The molecule has 0 aromatic rings. The number of alkyl halides is 1. The Hall–Kier alpha value is -1.24. The van der Waals surface area contributed by atoms with Crippen LogP contribution in [0.15, 0.2) is 0 Å². The second-order valence-electron chi connectivity index (χ2n) is 6.39. The van der Waals surface area contributed by atoms with Crippen LogP contribution in [0.3, 0.4) is 0 Å². The molecule has 2 aliphatic rings. The van der Waals surface area contributed by atoms with Crippen LogP contribution in [-0.2, 0) is 19.2 Å². The molecule has 7 heteroatoms. The van der Waals surface area contributed by atoms with E-state index in [4.69, 9.17) is 0 Å². The van der Waals surface area contributed by atoms with Crippen molar-refractivity contribution in [3.8, 4) is 0 Å². The molecule has 122 valence electrons. The summed E-state index contributed by atoms with van der Waals surface area (Å²) in [6, 6.07) is 0. The lowest BCUT2D eigenvalue weighted by Gasteiger charge is -2.51. The number of rotatable bonds is 5. The fourth-order valence-electron chi connectivity index (χ4n) is 3.33. The van der Waals surface area contributed by atoms with Gasteiger partial charge in [0.05, 0.1) is 0 Å². The normalized spacial score (nSPS) is 27.6. The van der Waals surface area contributed by atoms with Crippen molar-refractivity contribution in [1.29, 1.82) is 0 Å². The van der Waals surface area contributed by atoms with Gasteiger partial charge in [-0.2, -0.15) is 0 Å². The molecular weight excluding hydrogens is 352 g/mol. The molecule has 22 heavy (non-hydrogen) atoms. The smallest absolute Gasteiger partial charge is 0.242 e. The summed E-state index contributed by atoms with van der Waals surface area (Å²) in [5.41, 5.74) is -0.964. The average molecular weight is 373 g/mol. The van der Waals surface area contributed by atoms with Crippen LogP contribution >= 0.6 is 15.9 Å². The zero-order chi connectivity index (χ0) is 16.7. The molecule has 6 nitrogen and oxygen atoms in total. The maximum absolute atomic E-state index is 12.7. The summed E-state index contributed by atoms with van der Waals surface area (Å²) in [5, 5.41) is 0.423. The highest BCUT2D eigenvalue weighted by atomic mass is 79.9. The van der Waals surface area contributed by atoms with E-state index in [9.17, 15) is 19.2 Å². The molecule has 2 heterocycles. The van der Waals surface area contributed by atoms with Crippen LogP contribution in [0.2, 0.25) is 0 Å². The van der Waals surface area contributed by atoms with Gasteiger partial charge >= 0.3 is 0 Å². The van der Waals surface area contributed by atoms with E-state index in [1.54, 1.807) is 13.8 Å². The molecule has 0 aromatic heterocycles. The minimum atomic E-state index is -0.964. The van der Waals surface area contributed by atoms with Crippen LogP contribution in [0.25, 0.3) is 0 Å². The van der Waals surface area contributed by atoms with Crippen LogP contribution in [0.4, 0.5) is 0 Å². The molecule has 0 aromatic carbocycles. The molecule has 2 unspecified atom stereocenters. The number of amides is 4. The molecule has 2 fully saturated rings. The van der Waals surface area contributed by atoms with Gasteiger partial charge in [-0.25, -0.2) is 0 Å². The summed E-state index contributed by atoms with van der Waals surface area (Å²) in [5.74, 6) is -3.80. The zero-order valence-corrected chi connectivity index (χ0v) is 14.7. The molecule has 2 atom stereocenters. The summed E-state index contributed by atoms with van der Waals surface area (Å²) in [6.45, 7) is 5.73. The van der Waals surface area contributed by atoms with Crippen molar-refractivity contribution in [1.82, 2.24) is 9.80 Å². The van der Waals surface area contributed by atoms with Crippen LogP contribution in [0, 0.1) is 17.3 Å². The number of fused-ring (bicyclic) bond motifs is 2. The van der Waals surface area contributed by atoms with Gasteiger partial charge in [-0.3, -0.25) is 29.0 Å². The number of nitrogens with zero attached hydrogens (tertiary/aromatic N) is 2. The highest BCUT2D eigenvalue weighted by Gasteiger charge is 2.64. The van der Waals surface area contributed by atoms with Crippen molar-refractivity contribution < 1.29 is 19.2 Å². The average Bonchev–Trinajstić information content (AvgIpc) is 2.42. The number of carbonyl (C=O) groups excluding carboxylic acids is 4. The Morgan fingerprint density at radius 3 is 1.68 bits per heavy atom. The van der Waals surface area contributed by atoms with E-state index in [0.717, 1.165) is 16.2 Å². The number of hydrogen-bond acceptors (Lipinski definition) is 4. The highest BCUT2D eigenvalue weighted by Crippen LogP contribution is 2.46. The van der Waals surface area contributed by atoms with Crippen molar-refractivity contribution in [2.24, 2.45) is 17.3 Å². The molecule has 0 N–H and O–H groups in total. The summed E-state index contributed by atoms with van der Waals surface area (Å²) < 4.78 is 0. The quantitative estimate of drug-likeness (QED) is 0.412. The topological polar surface area (TPSA) is 74.8 Å². The monoisotopic (exact) mass is 372 g/mol. The molecule has 0 radical (unpaired) electrons. The molecule has 2 saturated heterocycles. The van der Waals surface area contributed by atoms with Crippen LogP contribution < -0.4 is 0 Å². The molecule has 4 amide bonds. The number of likely N-dealkylation sites (tertiary alicyclic amines) is 2. The van der Waals surface area contributed by atoms with Gasteiger partial charge in [0.1, 0.15) is 11.8 Å². The number of carbonyl (C=O) groups is 4.